The molecule has 1 aliphatic heterocycles. The van der Waals surface area contributed by atoms with E-state index in [1.165, 1.54) is 16.7 Å². The summed E-state index contributed by atoms with van der Waals surface area (Å²) in [4.78, 5) is 18.8. The molecule has 2 aromatic rings. The van der Waals surface area contributed by atoms with Gasteiger partial charge in [0.25, 0.3) is 0 Å². The van der Waals surface area contributed by atoms with Crippen molar-refractivity contribution in [2.24, 2.45) is 10.7 Å². The van der Waals surface area contributed by atoms with Gasteiger partial charge in [-0.05, 0) is 54.0 Å². The first kappa shape index (κ1) is 20.9. The van der Waals surface area contributed by atoms with E-state index in [1.54, 1.807) is 0 Å². The Labute approximate surface area is 174 Å². The van der Waals surface area contributed by atoms with E-state index in [9.17, 15) is 4.79 Å². The highest BCUT2D eigenvalue weighted by molar-refractivity contribution is 5.92. The van der Waals surface area contributed by atoms with Gasteiger partial charge < -0.3 is 16.0 Å². The van der Waals surface area contributed by atoms with Crippen molar-refractivity contribution >= 4 is 17.6 Å². The minimum absolute atomic E-state index is 0.196. The number of carbonyl (C=O) groups excluding carboxylic acids is 1. The molecule has 3 N–H and O–H groups in total. The summed E-state index contributed by atoms with van der Waals surface area (Å²) in [5.41, 5.74) is 10.9. The Bertz CT molecular complexity index is 844. The highest BCUT2D eigenvalue weighted by Crippen LogP contribution is 2.21. The predicted octanol–water partition coefficient (Wildman–Crippen LogP) is 4.29. The highest BCUT2D eigenvalue weighted by Gasteiger charge is 2.19. The molecule has 1 amide bonds. The molecular weight excluding hydrogens is 360 g/mol. The molecule has 1 atom stereocenters. The van der Waals surface area contributed by atoms with Gasteiger partial charge in [-0.3, -0.25) is 9.79 Å². The molecule has 0 fully saturated rings. The molecular formula is C24H32N4O. The molecule has 0 spiro atoms. The summed E-state index contributed by atoms with van der Waals surface area (Å²) in [7, 11) is 0. The van der Waals surface area contributed by atoms with Crippen LogP contribution in [0.5, 0.6) is 0 Å². The molecule has 0 aromatic heterocycles. The van der Waals surface area contributed by atoms with Gasteiger partial charge in [-0.25, -0.2) is 0 Å². The second kappa shape index (κ2) is 10.1. The van der Waals surface area contributed by atoms with E-state index in [1.807, 2.05) is 23.1 Å². The Hall–Kier alpha value is -2.82. The average molecular weight is 393 g/mol. The van der Waals surface area contributed by atoms with Crippen molar-refractivity contribution in [1.29, 1.82) is 0 Å². The molecule has 0 bridgehead atoms. The summed E-state index contributed by atoms with van der Waals surface area (Å²) in [5, 5.41) is 3.12. The van der Waals surface area contributed by atoms with Crippen molar-refractivity contribution in [2.45, 2.75) is 52.0 Å². The number of carbonyl (C=O) groups is 1. The Balaban J connectivity index is 1.41. The summed E-state index contributed by atoms with van der Waals surface area (Å²) < 4.78 is 0. The number of nitrogens with two attached hydrogens (primary N) is 1. The summed E-state index contributed by atoms with van der Waals surface area (Å²) in [6.07, 6.45) is 3.26. The molecule has 154 valence electrons. The van der Waals surface area contributed by atoms with Crippen LogP contribution in [0, 0.1) is 0 Å². The fourth-order valence-electron chi connectivity index (χ4n) is 3.61. The standard InChI is InChI=1S/C24H32N4O/c1-3-18(2)19-10-12-22(13-11-19)27-24(25)26-15-6-9-23(29)28-16-14-20-7-4-5-8-21(20)17-28/h4-5,7-8,10-13,18H,3,6,9,14-17H2,1-2H3,(H3,25,26,27). The topological polar surface area (TPSA) is 70.7 Å². The number of benzene rings is 2. The SMILES string of the molecule is CCC(C)c1ccc(NC(N)=NCCCC(=O)N2CCc3ccccc3C2)cc1. The van der Waals surface area contributed by atoms with Crippen LogP contribution in [-0.2, 0) is 17.8 Å². The van der Waals surface area contributed by atoms with Gasteiger partial charge in [-0.15, -0.1) is 0 Å². The van der Waals surface area contributed by atoms with Crippen LogP contribution in [0.1, 0.15) is 55.7 Å². The lowest BCUT2D eigenvalue weighted by Gasteiger charge is -2.28. The Morgan fingerprint density at radius 1 is 1.17 bits per heavy atom. The van der Waals surface area contributed by atoms with E-state index in [4.69, 9.17) is 5.73 Å². The zero-order valence-corrected chi connectivity index (χ0v) is 17.5. The maximum absolute atomic E-state index is 12.5. The smallest absolute Gasteiger partial charge is 0.222 e. The summed E-state index contributed by atoms with van der Waals surface area (Å²) in [6, 6.07) is 16.7. The second-order valence-corrected chi connectivity index (χ2v) is 7.76. The van der Waals surface area contributed by atoms with Gasteiger partial charge in [-0.2, -0.15) is 0 Å². The number of hydrogen-bond acceptors (Lipinski definition) is 2. The number of fused-ring (bicyclic) bond motifs is 1. The largest absolute Gasteiger partial charge is 0.370 e. The Morgan fingerprint density at radius 3 is 2.62 bits per heavy atom. The summed E-state index contributed by atoms with van der Waals surface area (Å²) in [5.74, 6) is 1.14. The number of nitrogens with one attached hydrogen (secondary N) is 1. The zero-order valence-electron chi connectivity index (χ0n) is 17.5. The van der Waals surface area contributed by atoms with E-state index in [0.29, 0.717) is 37.8 Å². The first-order valence-corrected chi connectivity index (χ1v) is 10.6. The lowest BCUT2D eigenvalue weighted by atomic mass is 9.99. The van der Waals surface area contributed by atoms with E-state index in [-0.39, 0.29) is 5.91 Å². The van der Waals surface area contributed by atoms with Gasteiger partial charge in [0, 0.05) is 31.7 Å². The first-order chi connectivity index (χ1) is 14.1. The van der Waals surface area contributed by atoms with Crippen LogP contribution < -0.4 is 11.1 Å². The van der Waals surface area contributed by atoms with Crippen molar-refractivity contribution in [3.05, 3.63) is 65.2 Å². The zero-order chi connectivity index (χ0) is 20.6. The molecule has 2 aromatic carbocycles. The number of rotatable bonds is 7. The van der Waals surface area contributed by atoms with Crippen LogP contribution >= 0.6 is 0 Å². The average Bonchev–Trinajstić information content (AvgIpc) is 2.76. The van der Waals surface area contributed by atoms with Crippen LogP contribution in [0.4, 0.5) is 5.69 Å². The lowest BCUT2D eigenvalue weighted by Crippen LogP contribution is -2.35. The first-order valence-electron chi connectivity index (χ1n) is 10.6. The maximum atomic E-state index is 12.5. The van der Waals surface area contributed by atoms with Gasteiger partial charge >= 0.3 is 0 Å². The molecule has 3 rings (SSSR count). The van der Waals surface area contributed by atoms with Gasteiger partial charge in [0.1, 0.15) is 0 Å². The minimum Gasteiger partial charge on any atom is -0.370 e. The maximum Gasteiger partial charge on any atom is 0.222 e. The molecule has 0 radical (unpaired) electrons. The van der Waals surface area contributed by atoms with E-state index >= 15 is 0 Å². The molecule has 1 heterocycles. The number of guanidine groups is 1. The van der Waals surface area contributed by atoms with Crippen molar-refractivity contribution < 1.29 is 4.79 Å². The third-order valence-corrected chi connectivity index (χ3v) is 5.68. The van der Waals surface area contributed by atoms with Gasteiger partial charge in [-0.1, -0.05) is 50.2 Å². The minimum atomic E-state index is 0.196. The third-order valence-electron chi connectivity index (χ3n) is 5.68. The Kier molecular flexibility index (Phi) is 7.28. The van der Waals surface area contributed by atoms with Crippen molar-refractivity contribution in [1.82, 2.24) is 4.90 Å². The van der Waals surface area contributed by atoms with Crippen LogP contribution in [0.25, 0.3) is 0 Å². The third kappa shape index (κ3) is 5.83. The normalized spacial score (nSPS) is 15.0. The molecule has 0 saturated heterocycles. The van der Waals surface area contributed by atoms with E-state index in [0.717, 1.165) is 25.1 Å². The lowest BCUT2D eigenvalue weighted by molar-refractivity contribution is -0.132. The molecule has 0 saturated carbocycles. The van der Waals surface area contributed by atoms with Crippen molar-refractivity contribution in [3.8, 4) is 0 Å². The quantitative estimate of drug-likeness (QED) is 0.419. The number of nitrogens with zero attached hydrogens (tertiary/aromatic N) is 2. The summed E-state index contributed by atoms with van der Waals surface area (Å²) in [6.45, 7) is 6.47. The van der Waals surface area contributed by atoms with Crippen molar-refractivity contribution in [3.63, 3.8) is 0 Å². The molecule has 1 unspecified atom stereocenters. The van der Waals surface area contributed by atoms with Crippen molar-refractivity contribution in [2.75, 3.05) is 18.4 Å². The number of anilines is 1. The number of hydrogen-bond donors (Lipinski definition) is 2. The number of aliphatic imine (C=N–C) groups is 1. The number of amides is 1. The van der Waals surface area contributed by atoms with Crippen LogP contribution in [0.3, 0.4) is 0 Å². The van der Waals surface area contributed by atoms with Gasteiger partial charge in [0.2, 0.25) is 5.91 Å². The predicted molar refractivity (Wildman–Crippen MR) is 120 cm³/mol. The van der Waals surface area contributed by atoms with Gasteiger partial charge in [0.15, 0.2) is 5.96 Å². The second-order valence-electron chi connectivity index (χ2n) is 7.76. The molecule has 5 nitrogen and oxygen atoms in total. The monoisotopic (exact) mass is 392 g/mol. The highest BCUT2D eigenvalue weighted by atomic mass is 16.2. The molecule has 1 aliphatic rings. The van der Waals surface area contributed by atoms with Gasteiger partial charge in [0.05, 0.1) is 0 Å². The van der Waals surface area contributed by atoms with E-state index < -0.39 is 0 Å². The van der Waals surface area contributed by atoms with E-state index in [2.05, 4.69) is 54.5 Å². The summed E-state index contributed by atoms with van der Waals surface area (Å²) >= 11 is 0. The van der Waals surface area contributed by atoms with Crippen LogP contribution in [-0.4, -0.2) is 29.9 Å². The molecule has 0 aliphatic carbocycles. The fourth-order valence-corrected chi connectivity index (χ4v) is 3.61. The van der Waals surface area contributed by atoms with Crippen LogP contribution in [0.2, 0.25) is 0 Å². The molecule has 29 heavy (non-hydrogen) atoms. The Morgan fingerprint density at radius 2 is 1.90 bits per heavy atom. The van der Waals surface area contributed by atoms with Crippen LogP contribution in [0.15, 0.2) is 53.5 Å². The fraction of sp³-hybridized carbons (Fsp3) is 0.417. The molecule has 5 heteroatoms.